The lowest BCUT2D eigenvalue weighted by atomic mass is 10.0. The normalized spacial score (nSPS) is 12.2. The van der Waals surface area contributed by atoms with Gasteiger partial charge in [0.05, 0.1) is 13.2 Å². The SMILES string of the molecule is COc1nccnc1C(NN)c1ccccc1Cl. The van der Waals surface area contributed by atoms with Gasteiger partial charge in [-0.3, -0.25) is 10.8 Å². The number of nitrogens with zero attached hydrogens (tertiary/aromatic N) is 2. The molecule has 2 rings (SSSR count). The summed E-state index contributed by atoms with van der Waals surface area (Å²) in [5.41, 5.74) is 4.10. The van der Waals surface area contributed by atoms with E-state index in [1.165, 1.54) is 7.11 Å². The minimum absolute atomic E-state index is 0.373. The van der Waals surface area contributed by atoms with E-state index in [4.69, 9.17) is 22.2 Å². The Kier molecular flexibility index (Phi) is 4.09. The van der Waals surface area contributed by atoms with Crippen molar-refractivity contribution in [3.05, 3.63) is 52.9 Å². The molecule has 1 aromatic carbocycles. The van der Waals surface area contributed by atoms with Gasteiger partial charge in [0.15, 0.2) is 0 Å². The van der Waals surface area contributed by atoms with Crippen LogP contribution >= 0.6 is 11.6 Å². The largest absolute Gasteiger partial charge is 0.480 e. The van der Waals surface area contributed by atoms with E-state index in [2.05, 4.69) is 15.4 Å². The molecular weight excluding hydrogens is 252 g/mol. The molecule has 6 heteroatoms. The molecule has 0 aliphatic carbocycles. The number of methoxy groups -OCH3 is 1. The average molecular weight is 265 g/mol. The number of ether oxygens (including phenoxy) is 1. The summed E-state index contributed by atoms with van der Waals surface area (Å²) in [6.07, 6.45) is 3.14. The lowest BCUT2D eigenvalue weighted by molar-refractivity contribution is 0.383. The van der Waals surface area contributed by atoms with E-state index >= 15 is 0 Å². The average Bonchev–Trinajstić information content (AvgIpc) is 2.42. The standard InChI is InChI=1S/C12H13ClN4O/c1-18-12-11(15-6-7-16-12)10(17-14)8-4-2-3-5-9(8)13/h2-7,10,17H,14H2,1H3. The zero-order valence-corrected chi connectivity index (χ0v) is 10.6. The molecule has 18 heavy (non-hydrogen) atoms. The van der Waals surface area contributed by atoms with E-state index in [1.807, 2.05) is 18.2 Å². The number of hydrogen-bond acceptors (Lipinski definition) is 5. The Labute approximate surface area is 110 Å². The summed E-state index contributed by atoms with van der Waals surface area (Å²) in [4.78, 5) is 8.35. The summed E-state index contributed by atoms with van der Waals surface area (Å²) in [6.45, 7) is 0. The van der Waals surface area contributed by atoms with Crippen molar-refractivity contribution in [3.8, 4) is 5.88 Å². The van der Waals surface area contributed by atoms with Crippen LogP contribution in [0.15, 0.2) is 36.7 Å². The second-order valence-corrected chi connectivity index (χ2v) is 3.98. The first-order valence-corrected chi connectivity index (χ1v) is 5.71. The van der Waals surface area contributed by atoms with E-state index in [1.54, 1.807) is 18.5 Å². The number of nitrogens with two attached hydrogens (primary N) is 1. The maximum Gasteiger partial charge on any atom is 0.237 e. The van der Waals surface area contributed by atoms with E-state index in [9.17, 15) is 0 Å². The Morgan fingerprint density at radius 3 is 2.67 bits per heavy atom. The molecular formula is C12H13ClN4O. The van der Waals surface area contributed by atoms with Gasteiger partial charge in [-0.1, -0.05) is 29.8 Å². The molecule has 0 radical (unpaired) electrons. The van der Waals surface area contributed by atoms with Crippen LogP contribution in [0, 0.1) is 0 Å². The molecule has 1 aromatic heterocycles. The summed E-state index contributed by atoms with van der Waals surface area (Å²) in [7, 11) is 1.54. The fourth-order valence-electron chi connectivity index (χ4n) is 1.72. The number of rotatable bonds is 4. The quantitative estimate of drug-likeness (QED) is 0.649. The Morgan fingerprint density at radius 2 is 2.00 bits per heavy atom. The van der Waals surface area contributed by atoms with Gasteiger partial charge >= 0.3 is 0 Å². The number of hydrogen-bond donors (Lipinski definition) is 2. The number of nitrogens with one attached hydrogen (secondary N) is 1. The van der Waals surface area contributed by atoms with Gasteiger partial charge in [0.2, 0.25) is 5.88 Å². The van der Waals surface area contributed by atoms with E-state index in [0.717, 1.165) is 5.56 Å². The van der Waals surface area contributed by atoms with Crippen LogP contribution in [-0.2, 0) is 0 Å². The molecule has 0 spiro atoms. The third kappa shape index (κ3) is 2.43. The van der Waals surface area contributed by atoms with Gasteiger partial charge in [0.1, 0.15) is 5.69 Å². The Morgan fingerprint density at radius 1 is 1.28 bits per heavy atom. The van der Waals surface area contributed by atoms with Gasteiger partial charge in [0, 0.05) is 17.4 Å². The zero-order chi connectivity index (χ0) is 13.0. The van der Waals surface area contributed by atoms with Crippen LogP contribution in [-0.4, -0.2) is 17.1 Å². The Hall–Kier alpha value is -1.69. The third-order valence-electron chi connectivity index (χ3n) is 2.54. The third-order valence-corrected chi connectivity index (χ3v) is 2.89. The Balaban J connectivity index is 2.49. The number of benzene rings is 1. The molecule has 0 aliphatic rings. The maximum absolute atomic E-state index is 6.16. The van der Waals surface area contributed by atoms with Crippen molar-refractivity contribution in [1.82, 2.24) is 15.4 Å². The summed E-state index contributed by atoms with van der Waals surface area (Å²) in [5.74, 6) is 6.01. The molecule has 5 nitrogen and oxygen atoms in total. The lowest BCUT2D eigenvalue weighted by Crippen LogP contribution is -2.30. The molecule has 0 amide bonds. The van der Waals surface area contributed by atoms with Crippen molar-refractivity contribution in [2.24, 2.45) is 5.84 Å². The van der Waals surface area contributed by atoms with Gasteiger partial charge < -0.3 is 4.74 Å². The van der Waals surface area contributed by atoms with Gasteiger partial charge in [-0.15, -0.1) is 0 Å². The van der Waals surface area contributed by atoms with Crippen molar-refractivity contribution in [2.45, 2.75) is 6.04 Å². The molecule has 0 saturated heterocycles. The second kappa shape index (κ2) is 5.77. The van der Waals surface area contributed by atoms with Crippen LogP contribution in [0.25, 0.3) is 0 Å². The summed E-state index contributed by atoms with van der Waals surface area (Å²) < 4.78 is 5.18. The van der Waals surface area contributed by atoms with Crippen molar-refractivity contribution < 1.29 is 4.74 Å². The molecule has 0 bridgehead atoms. The van der Waals surface area contributed by atoms with Gasteiger partial charge in [-0.05, 0) is 11.6 Å². The molecule has 3 N–H and O–H groups in total. The van der Waals surface area contributed by atoms with Crippen molar-refractivity contribution in [3.63, 3.8) is 0 Å². The summed E-state index contributed by atoms with van der Waals surface area (Å²) >= 11 is 6.16. The van der Waals surface area contributed by atoms with Crippen LogP contribution in [0.3, 0.4) is 0 Å². The zero-order valence-electron chi connectivity index (χ0n) is 9.80. The molecule has 94 valence electrons. The van der Waals surface area contributed by atoms with Crippen molar-refractivity contribution in [1.29, 1.82) is 0 Å². The molecule has 0 saturated carbocycles. The van der Waals surface area contributed by atoms with Crippen molar-refractivity contribution in [2.75, 3.05) is 7.11 Å². The van der Waals surface area contributed by atoms with Crippen LogP contribution in [0.4, 0.5) is 0 Å². The van der Waals surface area contributed by atoms with Gasteiger partial charge in [-0.25, -0.2) is 10.4 Å². The van der Waals surface area contributed by atoms with Crippen LogP contribution in [0.5, 0.6) is 5.88 Å². The predicted octanol–water partition coefficient (Wildman–Crippen LogP) is 1.69. The predicted molar refractivity (Wildman–Crippen MR) is 69.2 cm³/mol. The van der Waals surface area contributed by atoms with Gasteiger partial charge in [0.25, 0.3) is 0 Å². The highest BCUT2D eigenvalue weighted by Gasteiger charge is 2.21. The monoisotopic (exact) mass is 264 g/mol. The number of aromatic nitrogens is 2. The summed E-state index contributed by atoms with van der Waals surface area (Å²) in [5, 5.41) is 0.605. The number of halogens is 1. The minimum atomic E-state index is -0.373. The minimum Gasteiger partial charge on any atom is -0.480 e. The molecule has 0 aliphatic heterocycles. The molecule has 1 atom stereocenters. The topological polar surface area (TPSA) is 73.1 Å². The first-order valence-electron chi connectivity index (χ1n) is 5.33. The highest BCUT2D eigenvalue weighted by molar-refractivity contribution is 6.31. The molecule has 1 heterocycles. The first kappa shape index (κ1) is 12.8. The van der Waals surface area contributed by atoms with Gasteiger partial charge in [-0.2, -0.15) is 0 Å². The van der Waals surface area contributed by atoms with E-state index in [-0.39, 0.29) is 6.04 Å². The smallest absolute Gasteiger partial charge is 0.237 e. The van der Waals surface area contributed by atoms with Crippen LogP contribution in [0.1, 0.15) is 17.3 Å². The fraction of sp³-hybridized carbons (Fsp3) is 0.167. The van der Waals surface area contributed by atoms with Crippen LogP contribution in [0.2, 0.25) is 5.02 Å². The number of hydrazine groups is 1. The first-order chi connectivity index (χ1) is 8.77. The van der Waals surface area contributed by atoms with Crippen LogP contribution < -0.4 is 16.0 Å². The molecule has 2 aromatic rings. The van der Waals surface area contributed by atoms with E-state index in [0.29, 0.717) is 16.6 Å². The van der Waals surface area contributed by atoms with Crippen molar-refractivity contribution >= 4 is 11.6 Å². The molecule has 0 fully saturated rings. The second-order valence-electron chi connectivity index (χ2n) is 3.57. The summed E-state index contributed by atoms with van der Waals surface area (Å²) in [6, 6.07) is 7.04. The maximum atomic E-state index is 6.16. The highest BCUT2D eigenvalue weighted by atomic mass is 35.5. The lowest BCUT2D eigenvalue weighted by Gasteiger charge is -2.18. The molecule has 1 unspecified atom stereocenters. The Bertz CT molecular complexity index is 535. The highest BCUT2D eigenvalue weighted by Crippen LogP contribution is 2.30. The fourth-order valence-corrected chi connectivity index (χ4v) is 1.96. The van der Waals surface area contributed by atoms with E-state index < -0.39 is 0 Å².